The molecule has 1 atom stereocenters. The zero-order valence-corrected chi connectivity index (χ0v) is 33.7. The molecule has 3 aliphatic rings. The Morgan fingerprint density at radius 3 is 1.77 bits per heavy atom. The summed E-state index contributed by atoms with van der Waals surface area (Å²) in [5.74, 6) is 0.251. The van der Waals surface area contributed by atoms with Gasteiger partial charge in [-0.15, -0.1) is 0 Å². The largest absolute Gasteiger partial charge is 0.313 e. The molecular weight excluding hydrogens is 737 g/mol. The van der Waals surface area contributed by atoms with Gasteiger partial charge in [0.25, 0.3) is 0 Å². The third-order valence-electron chi connectivity index (χ3n) is 13.2. The predicted octanol–water partition coefficient (Wildman–Crippen LogP) is 15.3. The van der Waals surface area contributed by atoms with Gasteiger partial charge in [-0.05, 0) is 128 Å². The van der Waals surface area contributed by atoms with Crippen LogP contribution in [0.5, 0.6) is 0 Å². The lowest BCUT2D eigenvalue weighted by Gasteiger charge is -2.35. The van der Waals surface area contributed by atoms with E-state index in [9.17, 15) is 0 Å². The fraction of sp³-hybridized carbons (Fsp3) is 0.0508. The van der Waals surface area contributed by atoms with Gasteiger partial charge < -0.3 is 9.80 Å². The van der Waals surface area contributed by atoms with Crippen molar-refractivity contribution >= 4 is 44.8 Å². The molecular formula is C59H42N2. The molecule has 0 spiro atoms. The summed E-state index contributed by atoms with van der Waals surface area (Å²) < 4.78 is 0. The molecule has 288 valence electrons. The minimum Gasteiger partial charge on any atom is -0.313 e. The van der Waals surface area contributed by atoms with Crippen molar-refractivity contribution in [3.63, 3.8) is 0 Å². The van der Waals surface area contributed by atoms with E-state index < -0.39 is 5.41 Å². The maximum absolute atomic E-state index is 2.49. The maximum Gasteiger partial charge on any atom is 0.0714 e. The van der Waals surface area contributed by atoms with Crippen LogP contribution in [-0.4, -0.2) is 0 Å². The summed E-state index contributed by atoms with van der Waals surface area (Å²) in [4.78, 5) is 4.93. The number of hydrogen-bond acceptors (Lipinski definition) is 2. The van der Waals surface area contributed by atoms with Crippen molar-refractivity contribution in [3.05, 3.63) is 276 Å². The normalized spacial score (nSPS) is 15.6. The third kappa shape index (κ3) is 5.49. The van der Waals surface area contributed by atoms with Gasteiger partial charge in [0, 0.05) is 39.9 Å². The van der Waals surface area contributed by atoms with Gasteiger partial charge in [0.05, 0.1) is 11.1 Å². The molecule has 0 amide bonds. The molecule has 2 aliphatic carbocycles. The van der Waals surface area contributed by atoms with Crippen molar-refractivity contribution in [1.82, 2.24) is 0 Å². The Kier molecular flexibility index (Phi) is 8.24. The zero-order chi connectivity index (χ0) is 40.3. The van der Waals surface area contributed by atoms with Crippen LogP contribution in [-0.2, 0) is 5.41 Å². The highest BCUT2D eigenvalue weighted by molar-refractivity contribution is 5.97. The van der Waals surface area contributed by atoms with Gasteiger partial charge in [0.15, 0.2) is 0 Å². The molecule has 0 saturated heterocycles. The van der Waals surface area contributed by atoms with Gasteiger partial charge in [-0.2, -0.15) is 0 Å². The van der Waals surface area contributed by atoms with E-state index >= 15 is 0 Å². The first-order valence-electron chi connectivity index (χ1n) is 21.4. The SMILES string of the molecule is C1=C(c2ccccc2N(c2ccccc2)c2ccc3c(c2)C(c2ccccc2)(c2ccccc2)c2cc4ccccc4cc2-3)CC2C(=C1)N(c1ccccc1)c1ccccc12. The van der Waals surface area contributed by atoms with Crippen LogP contribution in [0.15, 0.2) is 242 Å². The zero-order valence-electron chi connectivity index (χ0n) is 33.7. The van der Waals surface area contributed by atoms with Crippen molar-refractivity contribution in [3.8, 4) is 11.1 Å². The fourth-order valence-electron chi connectivity index (χ4n) is 10.6. The topological polar surface area (TPSA) is 6.48 Å². The summed E-state index contributed by atoms with van der Waals surface area (Å²) in [5.41, 5.74) is 18.3. The molecule has 9 aromatic carbocycles. The van der Waals surface area contributed by atoms with Crippen LogP contribution in [0, 0.1) is 0 Å². The van der Waals surface area contributed by atoms with E-state index in [4.69, 9.17) is 0 Å². The fourth-order valence-corrected chi connectivity index (χ4v) is 10.6. The summed E-state index contributed by atoms with van der Waals surface area (Å²) in [5, 5.41) is 2.50. The van der Waals surface area contributed by atoms with Crippen LogP contribution in [0.25, 0.3) is 27.5 Å². The molecule has 9 aromatic rings. The van der Waals surface area contributed by atoms with Gasteiger partial charge in [0.1, 0.15) is 0 Å². The van der Waals surface area contributed by atoms with Crippen molar-refractivity contribution in [2.24, 2.45) is 0 Å². The molecule has 0 fully saturated rings. The minimum absolute atomic E-state index is 0.251. The monoisotopic (exact) mass is 778 g/mol. The highest BCUT2D eigenvalue weighted by atomic mass is 15.2. The standard InChI is InChI=1S/C59H42N2/c1-5-21-44(22-6-1)59(45-23-7-2-8-24-45)54-39-42-20-14-13-19-41(42)37-52(54)50-35-34-48(40-55(50)59)60(46-25-9-3-10-26-46)56-31-17-15-29-49(56)43-33-36-58-53(38-43)51-30-16-18-32-57(51)61(58)47-27-11-4-12-28-47/h1-37,39-40,53H,38H2. The van der Waals surface area contributed by atoms with E-state index in [-0.39, 0.29) is 5.92 Å². The average molecular weight is 779 g/mol. The number of anilines is 5. The van der Waals surface area contributed by atoms with E-state index in [1.165, 1.54) is 77.9 Å². The number of allylic oxidation sites excluding steroid dienone is 4. The molecule has 0 bridgehead atoms. The summed E-state index contributed by atoms with van der Waals surface area (Å²) >= 11 is 0. The van der Waals surface area contributed by atoms with Crippen LogP contribution in [0.2, 0.25) is 0 Å². The molecule has 1 heterocycles. The number of nitrogens with zero attached hydrogens (tertiary/aromatic N) is 2. The molecule has 61 heavy (non-hydrogen) atoms. The molecule has 0 radical (unpaired) electrons. The van der Waals surface area contributed by atoms with Crippen LogP contribution < -0.4 is 9.80 Å². The van der Waals surface area contributed by atoms with E-state index in [1.807, 2.05) is 0 Å². The van der Waals surface area contributed by atoms with E-state index in [2.05, 4.69) is 246 Å². The number of rotatable bonds is 7. The number of benzene rings is 9. The summed E-state index contributed by atoms with van der Waals surface area (Å²) in [6.07, 6.45) is 5.64. The van der Waals surface area contributed by atoms with Gasteiger partial charge in [-0.1, -0.05) is 170 Å². The second kappa shape index (κ2) is 14.3. The van der Waals surface area contributed by atoms with Gasteiger partial charge in [-0.3, -0.25) is 0 Å². The predicted molar refractivity (Wildman–Crippen MR) is 254 cm³/mol. The van der Waals surface area contributed by atoms with Crippen LogP contribution in [0.4, 0.5) is 28.4 Å². The van der Waals surface area contributed by atoms with E-state index in [0.717, 1.165) is 23.5 Å². The first-order valence-corrected chi connectivity index (χ1v) is 21.4. The highest BCUT2D eigenvalue weighted by Gasteiger charge is 2.47. The molecule has 1 aliphatic heterocycles. The van der Waals surface area contributed by atoms with Crippen LogP contribution >= 0.6 is 0 Å². The first-order chi connectivity index (χ1) is 30.3. The number of fused-ring (bicyclic) bond motifs is 7. The quantitative estimate of drug-likeness (QED) is 0.159. The summed E-state index contributed by atoms with van der Waals surface area (Å²) in [7, 11) is 0. The first kappa shape index (κ1) is 35.3. The molecule has 1 unspecified atom stereocenters. The Hall–Kier alpha value is -7.68. The average Bonchev–Trinajstić information content (AvgIpc) is 3.82. The van der Waals surface area contributed by atoms with Crippen LogP contribution in [0.1, 0.15) is 45.7 Å². The minimum atomic E-state index is -0.539. The lowest BCUT2D eigenvalue weighted by molar-refractivity contribution is 0.769. The maximum atomic E-state index is 2.49. The molecule has 0 N–H and O–H groups in total. The lowest BCUT2D eigenvalue weighted by atomic mass is 9.67. The van der Waals surface area contributed by atoms with Gasteiger partial charge >= 0.3 is 0 Å². The smallest absolute Gasteiger partial charge is 0.0714 e. The summed E-state index contributed by atoms with van der Waals surface area (Å²) in [6.45, 7) is 0. The van der Waals surface area contributed by atoms with E-state index in [1.54, 1.807) is 0 Å². The van der Waals surface area contributed by atoms with Gasteiger partial charge in [-0.25, -0.2) is 0 Å². The molecule has 0 saturated carbocycles. The Balaban J connectivity index is 1.06. The number of hydrogen-bond donors (Lipinski definition) is 0. The lowest BCUT2D eigenvalue weighted by Crippen LogP contribution is -2.28. The Labute approximate surface area is 357 Å². The molecule has 12 rings (SSSR count). The Morgan fingerprint density at radius 2 is 1.03 bits per heavy atom. The van der Waals surface area contributed by atoms with E-state index in [0.29, 0.717) is 0 Å². The molecule has 0 aromatic heterocycles. The van der Waals surface area contributed by atoms with Gasteiger partial charge in [0.2, 0.25) is 0 Å². The summed E-state index contributed by atoms with van der Waals surface area (Å²) in [6, 6.07) is 82.8. The Morgan fingerprint density at radius 1 is 0.443 bits per heavy atom. The highest BCUT2D eigenvalue weighted by Crippen LogP contribution is 2.59. The second-order valence-corrected chi connectivity index (χ2v) is 16.4. The third-order valence-corrected chi connectivity index (χ3v) is 13.2. The van der Waals surface area contributed by atoms with Crippen LogP contribution in [0.3, 0.4) is 0 Å². The van der Waals surface area contributed by atoms with Crippen molar-refractivity contribution in [2.45, 2.75) is 17.8 Å². The second-order valence-electron chi connectivity index (χ2n) is 16.4. The number of para-hydroxylation sites is 4. The molecule has 2 nitrogen and oxygen atoms in total. The van der Waals surface area contributed by atoms with Crippen molar-refractivity contribution in [1.29, 1.82) is 0 Å². The Bertz CT molecular complexity index is 3130. The van der Waals surface area contributed by atoms with Crippen molar-refractivity contribution in [2.75, 3.05) is 9.80 Å². The van der Waals surface area contributed by atoms with Crippen molar-refractivity contribution < 1.29 is 0 Å². The molecule has 2 heteroatoms.